The first-order valence-electron chi connectivity index (χ1n) is 15.1. The van der Waals surface area contributed by atoms with Crippen LogP contribution in [0, 0.1) is 11.8 Å². The molecule has 8 heteroatoms. The lowest BCUT2D eigenvalue weighted by atomic mass is 9.83. The predicted molar refractivity (Wildman–Crippen MR) is 169 cm³/mol. The van der Waals surface area contributed by atoms with Crippen LogP contribution in [0.15, 0.2) is 99.5 Å². The number of aliphatic hydroxyl groups is 1. The highest BCUT2D eigenvalue weighted by atomic mass is 16.5. The van der Waals surface area contributed by atoms with Gasteiger partial charge >= 0.3 is 5.97 Å². The van der Waals surface area contributed by atoms with Gasteiger partial charge in [-0.2, -0.15) is 0 Å². The second-order valence-corrected chi connectivity index (χ2v) is 12.1. The van der Waals surface area contributed by atoms with Gasteiger partial charge in [0.05, 0.1) is 53.1 Å². The van der Waals surface area contributed by atoms with Gasteiger partial charge in [-0.3, -0.25) is 14.6 Å². The lowest BCUT2D eigenvalue weighted by molar-refractivity contribution is -0.140. The van der Waals surface area contributed by atoms with Crippen LogP contribution in [-0.2, 0) is 14.3 Å². The summed E-state index contributed by atoms with van der Waals surface area (Å²) in [4.78, 5) is 46.1. The Morgan fingerprint density at radius 2 is 1.70 bits per heavy atom. The van der Waals surface area contributed by atoms with Gasteiger partial charge < -0.3 is 9.84 Å². The maximum atomic E-state index is 13.5. The number of allylic oxidation sites excluding steroid dienone is 10. The van der Waals surface area contributed by atoms with Gasteiger partial charge in [0.2, 0.25) is 0 Å². The van der Waals surface area contributed by atoms with Crippen LogP contribution in [0.4, 0.5) is 0 Å². The van der Waals surface area contributed by atoms with Crippen molar-refractivity contribution in [1.82, 2.24) is 0 Å². The number of hydrogen-bond acceptors (Lipinski definition) is 8. The van der Waals surface area contributed by atoms with Crippen LogP contribution in [0.1, 0.15) is 74.1 Å². The van der Waals surface area contributed by atoms with E-state index in [-0.39, 0.29) is 36.4 Å². The number of methoxy groups -OCH3 is 1. The van der Waals surface area contributed by atoms with Crippen molar-refractivity contribution in [2.75, 3.05) is 7.11 Å². The molecule has 6 aliphatic rings. The molecule has 222 valence electrons. The van der Waals surface area contributed by atoms with E-state index in [0.29, 0.717) is 23.4 Å². The molecule has 0 amide bonds. The van der Waals surface area contributed by atoms with Crippen LogP contribution >= 0.6 is 0 Å². The van der Waals surface area contributed by atoms with Crippen molar-refractivity contribution in [2.45, 2.75) is 80.3 Å². The summed E-state index contributed by atoms with van der Waals surface area (Å²) in [6.45, 7) is 14.0. The Hall–Kier alpha value is -4.04. The maximum Gasteiger partial charge on any atom is 0.305 e. The number of esters is 1. The lowest BCUT2D eigenvalue weighted by Gasteiger charge is -2.19. The normalized spacial score (nSPS) is 25.5. The summed E-state index contributed by atoms with van der Waals surface area (Å²) in [5.74, 6) is -0.354. The third-order valence-corrected chi connectivity index (χ3v) is 9.67. The number of fused-ring (bicyclic) bond motifs is 4. The first-order chi connectivity index (χ1) is 20.5. The molecule has 3 unspecified atom stereocenters. The molecule has 0 aromatic heterocycles. The number of nitrogens with zero attached hydrogens (tertiary/aromatic N) is 4. The Labute approximate surface area is 252 Å². The second-order valence-electron chi connectivity index (χ2n) is 12.1. The van der Waals surface area contributed by atoms with Gasteiger partial charge in [0, 0.05) is 47.1 Å². The zero-order valence-corrected chi connectivity index (χ0v) is 26.2. The molecular formula is C35H38N4O4. The Kier molecular flexibility index (Phi) is 7.16. The highest BCUT2D eigenvalue weighted by Crippen LogP contribution is 2.46. The average Bonchev–Trinajstić information content (AvgIpc) is 3.72. The Morgan fingerprint density at radius 1 is 1.00 bits per heavy atom. The third-order valence-electron chi connectivity index (χ3n) is 9.67. The van der Waals surface area contributed by atoms with Gasteiger partial charge in [0.25, 0.3) is 0 Å². The molecule has 0 saturated heterocycles. The molecule has 0 spiro atoms. The van der Waals surface area contributed by atoms with Crippen LogP contribution in [0.3, 0.4) is 0 Å². The minimum absolute atomic E-state index is 0.0316. The minimum Gasteiger partial charge on any atom is -0.469 e. The molecule has 5 heterocycles. The summed E-state index contributed by atoms with van der Waals surface area (Å²) >= 11 is 0. The standard InChI is InChI=1S/C35H38N4O4/c1-9-21-15(2)24-14-27-30(20(7)40)18(5)33(38-27)19(6)32-16(3)22(10-11-29(42)43-8)34(39-32)23-12-28(41)31-17(4)25(37-35(23)31)13-26(21)36-24/h13-14,16,20,22,40H,9-12H2,1-8H3. The largest absolute Gasteiger partial charge is 0.469 e. The molecule has 3 atom stereocenters. The van der Waals surface area contributed by atoms with Gasteiger partial charge in [-0.15, -0.1) is 0 Å². The van der Waals surface area contributed by atoms with Crippen molar-refractivity contribution in [3.63, 3.8) is 0 Å². The number of carbonyl (C=O) groups excluding carboxylic acids is 2. The fourth-order valence-electron chi connectivity index (χ4n) is 7.33. The van der Waals surface area contributed by atoms with E-state index in [0.717, 1.165) is 79.6 Å². The number of ketones is 1. The summed E-state index contributed by atoms with van der Waals surface area (Å²) in [6.07, 6.45) is 5.06. The average molecular weight is 579 g/mol. The molecule has 8 nitrogen and oxygen atoms in total. The first kappa shape index (κ1) is 29.1. The lowest BCUT2D eigenvalue weighted by Crippen LogP contribution is -2.19. The molecule has 1 aliphatic carbocycles. The van der Waals surface area contributed by atoms with Crippen LogP contribution in [0.2, 0.25) is 0 Å². The summed E-state index contributed by atoms with van der Waals surface area (Å²) in [5, 5.41) is 10.9. The van der Waals surface area contributed by atoms with Gasteiger partial charge in [-0.1, -0.05) is 13.8 Å². The molecule has 8 bridgehead atoms. The molecule has 1 N–H and O–H groups in total. The van der Waals surface area contributed by atoms with E-state index in [1.54, 1.807) is 6.92 Å². The number of ether oxygens (including phenoxy) is 1. The monoisotopic (exact) mass is 578 g/mol. The van der Waals surface area contributed by atoms with Gasteiger partial charge in [0.1, 0.15) is 0 Å². The van der Waals surface area contributed by atoms with Crippen LogP contribution < -0.4 is 0 Å². The SMILES string of the molecule is CCC1=C(C)C2=CC3=NC(=C(C)C4=NC(=C5CC(=O)C6=C(C)C(=CC1=N2)N=C56)C(CCC(=O)OC)C4C)C(C)=C3C(C)O. The smallest absolute Gasteiger partial charge is 0.305 e. The van der Waals surface area contributed by atoms with E-state index < -0.39 is 6.10 Å². The van der Waals surface area contributed by atoms with Gasteiger partial charge in [0.15, 0.2) is 5.78 Å². The van der Waals surface area contributed by atoms with Crippen molar-refractivity contribution >= 4 is 34.6 Å². The highest BCUT2D eigenvalue weighted by Gasteiger charge is 2.43. The summed E-state index contributed by atoms with van der Waals surface area (Å²) in [7, 11) is 1.40. The minimum atomic E-state index is -0.722. The molecule has 6 rings (SSSR count). The van der Waals surface area contributed by atoms with Gasteiger partial charge in [-0.25, -0.2) is 15.0 Å². The summed E-state index contributed by atoms with van der Waals surface area (Å²) in [5.41, 5.74) is 13.4. The third kappa shape index (κ3) is 4.46. The Balaban J connectivity index is 1.65. The molecule has 43 heavy (non-hydrogen) atoms. The van der Waals surface area contributed by atoms with Crippen LogP contribution in [0.5, 0.6) is 0 Å². The van der Waals surface area contributed by atoms with E-state index in [1.165, 1.54) is 7.11 Å². The fraction of sp³-hybridized carbons (Fsp3) is 0.429. The number of carbonyl (C=O) groups is 2. The predicted octanol–water partition coefficient (Wildman–Crippen LogP) is 6.03. The molecule has 1 fully saturated rings. The Bertz CT molecular complexity index is 1760. The van der Waals surface area contributed by atoms with E-state index in [9.17, 15) is 14.7 Å². The number of Topliss-reactive ketones (excluding diaryl/α,β-unsaturated/α-hetero) is 1. The van der Waals surface area contributed by atoms with Crippen molar-refractivity contribution in [3.05, 3.63) is 79.5 Å². The molecule has 0 radical (unpaired) electrons. The molecule has 0 aromatic carbocycles. The van der Waals surface area contributed by atoms with Crippen LogP contribution in [0.25, 0.3) is 0 Å². The zero-order valence-electron chi connectivity index (χ0n) is 26.2. The molecule has 1 saturated carbocycles. The van der Waals surface area contributed by atoms with Crippen molar-refractivity contribution < 1.29 is 19.4 Å². The molecule has 0 aromatic rings. The quantitative estimate of drug-likeness (QED) is 0.401. The fourth-order valence-corrected chi connectivity index (χ4v) is 7.33. The summed E-state index contributed by atoms with van der Waals surface area (Å²) in [6, 6.07) is 0. The van der Waals surface area contributed by atoms with Crippen molar-refractivity contribution in [3.8, 4) is 0 Å². The van der Waals surface area contributed by atoms with Crippen LogP contribution in [-0.4, -0.2) is 52.9 Å². The van der Waals surface area contributed by atoms with E-state index >= 15 is 0 Å². The number of aliphatic imine (C=N–C) groups is 4. The Morgan fingerprint density at radius 3 is 2.37 bits per heavy atom. The summed E-state index contributed by atoms with van der Waals surface area (Å²) < 4.78 is 4.97. The molecule has 5 aliphatic heterocycles. The van der Waals surface area contributed by atoms with Crippen molar-refractivity contribution in [2.24, 2.45) is 31.8 Å². The zero-order chi connectivity index (χ0) is 30.9. The first-order valence-corrected chi connectivity index (χ1v) is 15.1. The number of rotatable bonds is 5. The number of hydrogen-bond donors (Lipinski definition) is 1. The molecular weight excluding hydrogens is 540 g/mol. The highest BCUT2D eigenvalue weighted by molar-refractivity contribution is 6.38. The topological polar surface area (TPSA) is 113 Å². The van der Waals surface area contributed by atoms with E-state index in [4.69, 9.17) is 24.7 Å². The van der Waals surface area contributed by atoms with Gasteiger partial charge in [-0.05, 0) is 87.5 Å². The van der Waals surface area contributed by atoms with Crippen molar-refractivity contribution in [1.29, 1.82) is 0 Å². The number of aliphatic hydroxyl groups excluding tert-OH is 1. The van der Waals surface area contributed by atoms with E-state index in [2.05, 4.69) is 20.8 Å². The second kappa shape index (κ2) is 10.6. The van der Waals surface area contributed by atoms with E-state index in [1.807, 2.05) is 32.9 Å². The maximum absolute atomic E-state index is 13.5.